The SMILES string of the molecule is [B]C(CC)CN(C)CC. The average Bonchev–Trinajstić information content (AvgIpc) is 1.87. The van der Waals surface area contributed by atoms with Crippen LogP contribution in [-0.4, -0.2) is 32.9 Å². The molecule has 2 radical (unpaired) electrons. The van der Waals surface area contributed by atoms with Gasteiger partial charge in [-0.2, -0.15) is 0 Å². The van der Waals surface area contributed by atoms with E-state index < -0.39 is 0 Å². The zero-order valence-electron chi connectivity index (χ0n) is 6.72. The Morgan fingerprint density at radius 2 is 2.00 bits per heavy atom. The zero-order chi connectivity index (χ0) is 7.28. The molecule has 0 rings (SSSR count). The Balaban J connectivity index is 3.22. The number of nitrogens with zero attached hydrogens (tertiary/aromatic N) is 1. The van der Waals surface area contributed by atoms with E-state index in [0.717, 1.165) is 19.5 Å². The van der Waals surface area contributed by atoms with Crippen LogP contribution in [0.25, 0.3) is 0 Å². The van der Waals surface area contributed by atoms with E-state index >= 15 is 0 Å². The topological polar surface area (TPSA) is 3.24 Å². The molecular weight excluding hydrogens is 109 g/mol. The first-order chi connectivity index (χ1) is 4.20. The first-order valence-corrected chi connectivity index (χ1v) is 3.64. The number of hydrogen-bond acceptors (Lipinski definition) is 1. The van der Waals surface area contributed by atoms with Crippen LogP contribution in [0.3, 0.4) is 0 Å². The van der Waals surface area contributed by atoms with Crippen LogP contribution >= 0.6 is 0 Å². The first-order valence-electron chi connectivity index (χ1n) is 3.64. The molecule has 0 aromatic heterocycles. The molecule has 0 aromatic carbocycles. The summed E-state index contributed by atoms with van der Waals surface area (Å²) in [5, 5.41) is 0. The summed E-state index contributed by atoms with van der Waals surface area (Å²) in [4.78, 5) is 2.23. The van der Waals surface area contributed by atoms with E-state index in [4.69, 9.17) is 7.85 Å². The van der Waals surface area contributed by atoms with Crippen molar-refractivity contribution in [2.24, 2.45) is 0 Å². The highest BCUT2D eigenvalue weighted by Gasteiger charge is 2.00. The molecular formula is C7H16BN. The van der Waals surface area contributed by atoms with Crippen molar-refractivity contribution in [1.29, 1.82) is 0 Å². The van der Waals surface area contributed by atoms with Gasteiger partial charge in [-0.3, -0.25) is 0 Å². The van der Waals surface area contributed by atoms with Crippen molar-refractivity contribution < 1.29 is 0 Å². The highest BCUT2D eigenvalue weighted by Crippen LogP contribution is 2.04. The van der Waals surface area contributed by atoms with E-state index in [1.165, 1.54) is 0 Å². The molecule has 1 atom stereocenters. The van der Waals surface area contributed by atoms with Crippen molar-refractivity contribution in [3.63, 3.8) is 0 Å². The fourth-order valence-corrected chi connectivity index (χ4v) is 0.659. The monoisotopic (exact) mass is 125 g/mol. The Labute approximate surface area is 59.8 Å². The van der Waals surface area contributed by atoms with Crippen molar-refractivity contribution in [3.05, 3.63) is 0 Å². The van der Waals surface area contributed by atoms with Crippen molar-refractivity contribution in [2.45, 2.75) is 26.1 Å². The minimum Gasteiger partial charge on any atom is -0.307 e. The molecule has 52 valence electrons. The number of rotatable bonds is 4. The lowest BCUT2D eigenvalue weighted by Crippen LogP contribution is -2.22. The predicted molar refractivity (Wildman–Crippen MR) is 43.0 cm³/mol. The van der Waals surface area contributed by atoms with E-state index in [1.54, 1.807) is 0 Å². The van der Waals surface area contributed by atoms with Gasteiger partial charge in [0.1, 0.15) is 0 Å². The summed E-state index contributed by atoms with van der Waals surface area (Å²) >= 11 is 0. The largest absolute Gasteiger partial charge is 0.307 e. The smallest absolute Gasteiger partial charge is 0.0716 e. The highest BCUT2D eigenvalue weighted by molar-refractivity contribution is 6.11. The highest BCUT2D eigenvalue weighted by atomic mass is 15.1. The van der Waals surface area contributed by atoms with Gasteiger partial charge >= 0.3 is 0 Å². The maximum atomic E-state index is 5.71. The molecule has 0 aliphatic heterocycles. The van der Waals surface area contributed by atoms with Gasteiger partial charge in [0.15, 0.2) is 0 Å². The lowest BCUT2D eigenvalue weighted by molar-refractivity contribution is 0.346. The summed E-state index contributed by atoms with van der Waals surface area (Å²) in [5.41, 5.74) is 0. The van der Waals surface area contributed by atoms with E-state index in [9.17, 15) is 0 Å². The van der Waals surface area contributed by atoms with Gasteiger partial charge in [0.2, 0.25) is 0 Å². The average molecular weight is 125 g/mol. The molecule has 2 heteroatoms. The number of hydrogen-bond donors (Lipinski definition) is 0. The fourth-order valence-electron chi connectivity index (χ4n) is 0.659. The molecule has 0 aliphatic rings. The van der Waals surface area contributed by atoms with E-state index in [2.05, 4.69) is 25.8 Å². The van der Waals surface area contributed by atoms with E-state index in [-0.39, 0.29) is 0 Å². The summed E-state index contributed by atoms with van der Waals surface area (Å²) in [6, 6.07) is 0. The van der Waals surface area contributed by atoms with E-state index in [1.807, 2.05) is 0 Å². The summed E-state index contributed by atoms with van der Waals surface area (Å²) in [7, 11) is 7.80. The molecule has 0 heterocycles. The molecule has 0 saturated heterocycles. The molecule has 0 saturated carbocycles. The van der Waals surface area contributed by atoms with Crippen LogP contribution in [0.2, 0.25) is 5.82 Å². The van der Waals surface area contributed by atoms with Crippen LogP contribution in [0.15, 0.2) is 0 Å². The van der Waals surface area contributed by atoms with Crippen LogP contribution in [0.1, 0.15) is 20.3 Å². The molecule has 0 aliphatic carbocycles. The lowest BCUT2D eigenvalue weighted by atomic mass is 9.85. The molecule has 9 heavy (non-hydrogen) atoms. The summed E-state index contributed by atoms with van der Waals surface area (Å²) in [5.74, 6) is 0.356. The second-order valence-electron chi connectivity index (χ2n) is 2.52. The quantitative estimate of drug-likeness (QED) is 0.512. The molecule has 0 aromatic rings. The summed E-state index contributed by atoms with van der Waals surface area (Å²) < 4.78 is 0. The molecule has 0 bridgehead atoms. The third-order valence-corrected chi connectivity index (χ3v) is 1.61. The van der Waals surface area contributed by atoms with Crippen LogP contribution in [0.5, 0.6) is 0 Å². The van der Waals surface area contributed by atoms with Gasteiger partial charge < -0.3 is 4.90 Å². The van der Waals surface area contributed by atoms with Crippen molar-refractivity contribution in [3.8, 4) is 0 Å². The molecule has 0 amide bonds. The second-order valence-corrected chi connectivity index (χ2v) is 2.52. The Bertz CT molecular complexity index is 57.9. The van der Waals surface area contributed by atoms with Crippen molar-refractivity contribution in [1.82, 2.24) is 4.90 Å². The fraction of sp³-hybridized carbons (Fsp3) is 1.00. The van der Waals surface area contributed by atoms with Crippen LogP contribution in [0.4, 0.5) is 0 Å². The minimum atomic E-state index is 0.356. The molecule has 0 spiro atoms. The lowest BCUT2D eigenvalue weighted by Gasteiger charge is -2.17. The third kappa shape index (κ3) is 4.52. The molecule has 0 fully saturated rings. The van der Waals surface area contributed by atoms with Crippen LogP contribution in [-0.2, 0) is 0 Å². The molecule has 1 unspecified atom stereocenters. The van der Waals surface area contributed by atoms with Gasteiger partial charge in [-0.25, -0.2) is 0 Å². The third-order valence-electron chi connectivity index (χ3n) is 1.61. The van der Waals surface area contributed by atoms with Gasteiger partial charge in [0.25, 0.3) is 0 Å². The molecule has 0 N–H and O–H groups in total. The van der Waals surface area contributed by atoms with Crippen LogP contribution < -0.4 is 0 Å². The Hall–Kier alpha value is 0.0249. The van der Waals surface area contributed by atoms with Crippen LogP contribution in [0, 0.1) is 0 Å². The van der Waals surface area contributed by atoms with Gasteiger partial charge in [-0.05, 0) is 20.1 Å². The van der Waals surface area contributed by atoms with E-state index in [0.29, 0.717) is 5.82 Å². The van der Waals surface area contributed by atoms with Gasteiger partial charge in [-0.15, -0.1) is 0 Å². The Kier molecular flexibility index (Phi) is 4.88. The van der Waals surface area contributed by atoms with Gasteiger partial charge in [-0.1, -0.05) is 26.1 Å². The summed E-state index contributed by atoms with van der Waals surface area (Å²) in [6.07, 6.45) is 1.07. The first kappa shape index (κ1) is 9.02. The minimum absolute atomic E-state index is 0.356. The maximum Gasteiger partial charge on any atom is 0.0716 e. The normalized spacial score (nSPS) is 14.2. The van der Waals surface area contributed by atoms with Gasteiger partial charge in [0.05, 0.1) is 7.85 Å². The maximum absolute atomic E-state index is 5.71. The second kappa shape index (κ2) is 4.86. The Morgan fingerprint density at radius 1 is 1.44 bits per heavy atom. The Morgan fingerprint density at radius 3 is 2.33 bits per heavy atom. The predicted octanol–water partition coefficient (Wildman–Crippen LogP) is 1.31. The zero-order valence-corrected chi connectivity index (χ0v) is 6.72. The summed E-state index contributed by atoms with van der Waals surface area (Å²) in [6.45, 7) is 6.37. The van der Waals surface area contributed by atoms with Crippen molar-refractivity contribution in [2.75, 3.05) is 20.1 Å². The van der Waals surface area contributed by atoms with Crippen molar-refractivity contribution >= 4 is 7.85 Å². The standard InChI is InChI=1S/C7H16BN/c1-4-7(8)6-9(3)5-2/h7H,4-6H2,1-3H3. The molecule has 1 nitrogen and oxygen atoms in total. The van der Waals surface area contributed by atoms with Gasteiger partial charge in [0, 0.05) is 0 Å².